The number of carbonyl (C=O) groups is 1. The van der Waals surface area contributed by atoms with E-state index < -0.39 is 5.97 Å². The predicted octanol–water partition coefficient (Wildman–Crippen LogP) is 2.20. The highest BCUT2D eigenvalue weighted by Crippen LogP contribution is 2.27. The van der Waals surface area contributed by atoms with Gasteiger partial charge in [0.15, 0.2) is 18.1 Å². The monoisotopic (exact) mass is 274 g/mol. The van der Waals surface area contributed by atoms with Gasteiger partial charge in [0, 0.05) is 6.07 Å². The van der Waals surface area contributed by atoms with Gasteiger partial charge < -0.3 is 9.47 Å². The summed E-state index contributed by atoms with van der Waals surface area (Å²) in [5.74, 6) is -0.447. The normalized spacial score (nSPS) is 9.53. The van der Waals surface area contributed by atoms with Crippen LogP contribution in [-0.2, 0) is 9.53 Å². The van der Waals surface area contributed by atoms with Crippen molar-refractivity contribution in [3.8, 4) is 11.8 Å². The Hall–Kier alpha value is -1.51. The van der Waals surface area contributed by atoms with E-state index in [0.717, 1.165) is 0 Å². The molecule has 1 rings (SSSR count). The van der Waals surface area contributed by atoms with Gasteiger partial charge in [0.2, 0.25) is 0 Å². The molecule has 0 aliphatic rings. The molecule has 0 saturated carbocycles. The lowest BCUT2D eigenvalue weighted by Gasteiger charge is -2.07. The van der Waals surface area contributed by atoms with Crippen LogP contribution in [0.4, 0.5) is 0 Å². The van der Waals surface area contributed by atoms with Crippen molar-refractivity contribution >= 4 is 29.2 Å². The Labute approximate surface area is 108 Å². The number of ether oxygens (including phenoxy) is 2. The predicted molar refractivity (Wildman–Crippen MR) is 61.1 cm³/mol. The van der Waals surface area contributed by atoms with Crippen molar-refractivity contribution in [1.82, 2.24) is 4.98 Å². The molecule has 90 valence electrons. The Kier molecular flexibility index (Phi) is 5.01. The summed E-state index contributed by atoms with van der Waals surface area (Å²) in [6.45, 7) is 1.62. The Morgan fingerprint density at radius 3 is 2.88 bits per heavy atom. The molecule has 0 spiro atoms. The number of esters is 1. The Morgan fingerprint density at radius 2 is 2.29 bits per heavy atom. The van der Waals surface area contributed by atoms with E-state index in [2.05, 4.69) is 9.72 Å². The van der Waals surface area contributed by atoms with Gasteiger partial charge in [-0.05, 0) is 6.92 Å². The van der Waals surface area contributed by atoms with Crippen LogP contribution in [0.5, 0.6) is 5.75 Å². The standard InChI is InChI=1S/C10H8Cl2N2O3/c1-2-16-9(15)5-17-8-3-6(11)10(12)14-7(8)4-13/h3H,2,5H2,1H3. The summed E-state index contributed by atoms with van der Waals surface area (Å²) >= 11 is 11.4. The summed E-state index contributed by atoms with van der Waals surface area (Å²) in [7, 11) is 0. The second-order valence-corrected chi connectivity index (χ2v) is 3.58. The number of hydrogen-bond donors (Lipinski definition) is 0. The second-order valence-electron chi connectivity index (χ2n) is 2.81. The first kappa shape index (κ1) is 13.6. The molecule has 0 aromatic carbocycles. The van der Waals surface area contributed by atoms with Gasteiger partial charge in [0.05, 0.1) is 11.6 Å². The van der Waals surface area contributed by atoms with Crippen molar-refractivity contribution in [2.75, 3.05) is 13.2 Å². The van der Waals surface area contributed by atoms with E-state index in [1.165, 1.54) is 6.07 Å². The van der Waals surface area contributed by atoms with Crippen LogP contribution >= 0.6 is 23.2 Å². The molecule has 0 aliphatic heterocycles. The van der Waals surface area contributed by atoms with E-state index >= 15 is 0 Å². The highest BCUT2D eigenvalue weighted by atomic mass is 35.5. The molecular weight excluding hydrogens is 267 g/mol. The van der Waals surface area contributed by atoms with Gasteiger partial charge in [0.25, 0.3) is 0 Å². The molecule has 0 bridgehead atoms. The van der Waals surface area contributed by atoms with Gasteiger partial charge in [0.1, 0.15) is 11.2 Å². The number of aromatic nitrogens is 1. The van der Waals surface area contributed by atoms with Crippen molar-refractivity contribution in [2.24, 2.45) is 0 Å². The summed E-state index contributed by atoms with van der Waals surface area (Å²) in [5.41, 5.74) is -0.0382. The number of rotatable bonds is 4. The fraction of sp³-hybridized carbons (Fsp3) is 0.300. The van der Waals surface area contributed by atoms with Crippen molar-refractivity contribution in [1.29, 1.82) is 5.26 Å². The van der Waals surface area contributed by atoms with Gasteiger partial charge >= 0.3 is 5.97 Å². The summed E-state index contributed by atoms with van der Waals surface area (Å²) < 4.78 is 9.74. The average molecular weight is 275 g/mol. The number of halogens is 2. The lowest BCUT2D eigenvalue weighted by molar-refractivity contribution is -0.145. The molecule has 1 heterocycles. The molecule has 7 heteroatoms. The molecule has 17 heavy (non-hydrogen) atoms. The zero-order valence-corrected chi connectivity index (χ0v) is 10.4. The highest BCUT2D eigenvalue weighted by molar-refractivity contribution is 6.41. The molecule has 5 nitrogen and oxygen atoms in total. The number of pyridine rings is 1. The summed E-state index contributed by atoms with van der Waals surface area (Å²) in [4.78, 5) is 14.8. The first-order valence-electron chi connectivity index (χ1n) is 4.63. The number of nitriles is 1. The van der Waals surface area contributed by atoms with Crippen molar-refractivity contribution in [3.05, 3.63) is 21.9 Å². The van der Waals surface area contributed by atoms with E-state index in [4.69, 9.17) is 33.2 Å². The largest absolute Gasteiger partial charge is 0.479 e. The van der Waals surface area contributed by atoms with E-state index in [9.17, 15) is 4.79 Å². The van der Waals surface area contributed by atoms with Crippen molar-refractivity contribution < 1.29 is 14.3 Å². The molecule has 0 atom stereocenters. The molecular formula is C10H8Cl2N2O3. The molecule has 0 fully saturated rings. The molecule has 0 radical (unpaired) electrons. The zero-order valence-electron chi connectivity index (χ0n) is 8.87. The Morgan fingerprint density at radius 1 is 1.59 bits per heavy atom. The smallest absolute Gasteiger partial charge is 0.344 e. The van der Waals surface area contributed by atoms with Crippen LogP contribution in [0.25, 0.3) is 0 Å². The van der Waals surface area contributed by atoms with Gasteiger partial charge in [-0.3, -0.25) is 0 Å². The van der Waals surface area contributed by atoms with E-state index in [1.807, 2.05) is 0 Å². The summed E-state index contributed by atoms with van der Waals surface area (Å²) in [5, 5.41) is 8.94. The second kappa shape index (κ2) is 6.28. The molecule has 1 aromatic heterocycles. The van der Waals surface area contributed by atoms with Crippen LogP contribution in [0.2, 0.25) is 10.2 Å². The minimum atomic E-state index is -0.539. The fourth-order valence-electron chi connectivity index (χ4n) is 0.979. The highest BCUT2D eigenvalue weighted by Gasteiger charge is 2.12. The Bertz CT molecular complexity index is 471. The Balaban J connectivity index is 2.81. The minimum Gasteiger partial charge on any atom is -0.479 e. The van der Waals surface area contributed by atoms with Gasteiger partial charge in [-0.2, -0.15) is 5.26 Å². The molecule has 1 aromatic rings. The van der Waals surface area contributed by atoms with E-state index in [-0.39, 0.29) is 34.8 Å². The van der Waals surface area contributed by atoms with Gasteiger partial charge in [-0.1, -0.05) is 23.2 Å². The fourth-order valence-corrected chi connectivity index (χ4v) is 1.26. The lowest BCUT2D eigenvalue weighted by Crippen LogP contribution is -2.15. The maximum atomic E-state index is 11.1. The topological polar surface area (TPSA) is 72.2 Å². The summed E-state index contributed by atoms with van der Waals surface area (Å²) in [6, 6.07) is 3.12. The van der Waals surface area contributed by atoms with Crippen LogP contribution in [0.3, 0.4) is 0 Å². The third kappa shape index (κ3) is 3.77. The molecule has 0 saturated heterocycles. The first-order valence-corrected chi connectivity index (χ1v) is 5.38. The molecule has 0 unspecified atom stereocenters. The first-order chi connectivity index (χ1) is 8.08. The van der Waals surface area contributed by atoms with Crippen LogP contribution < -0.4 is 4.74 Å². The number of nitrogens with zero attached hydrogens (tertiary/aromatic N) is 2. The third-order valence-corrected chi connectivity index (χ3v) is 2.33. The van der Waals surface area contributed by atoms with Crippen molar-refractivity contribution in [3.63, 3.8) is 0 Å². The summed E-state index contributed by atoms with van der Waals surface area (Å²) in [6.07, 6.45) is 0. The van der Waals surface area contributed by atoms with Gasteiger partial charge in [-0.15, -0.1) is 0 Å². The minimum absolute atomic E-state index is 0.00620. The number of carbonyl (C=O) groups excluding carboxylic acids is 1. The van der Waals surface area contributed by atoms with E-state index in [0.29, 0.717) is 0 Å². The van der Waals surface area contributed by atoms with Crippen LogP contribution in [0.1, 0.15) is 12.6 Å². The van der Waals surface area contributed by atoms with Crippen molar-refractivity contribution in [2.45, 2.75) is 6.92 Å². The SMILES string of the molecule is CCOC(=O)COc1cc(Cl)c(Cl)nc1C#N. The maximum absolute atomic E-state index is 11.1. The average Bonchev–Trinajstić information content (AvgIpc) is 2.30. The van der Waals surface area contributed by atoms with Crippen LogP contribution in [-0.4, -0.2) is 24.2 Å². The van der Waals surface area contributed by atoms with Crippen LogP contribution in [0.15, 0.2) is 6.07 Å². The van der Waals surface area contributed by atoms with E-state index in [1.54, 1.807) is 13.0 Å². The van der Waals surface area contributed by atoms with Gasteiger partial charge in [-0.25, -0.2) is 9.78 Å². The zero-order chi connectivity index (χ0) is 12.8. The molecule has 0 N–H and O–H groups in total. The van der Waals surface area contributed by atoms with Crippen LogP contribution in [0, 0.1) is 11.3 Å². The quantitative estimate of drug-likeness (QED) is 0.622. The molecule has 0 amide bonds. The maximum Gasteiger partial charge on any atom is 0.344 e. The number of hydrogen-bond acceptors (Lipinski definition) is 5. The molecule has 0 aliphatic carbocycles. The third-order valence-electron chi connectivity index (χ3n) is 1.65. The lowest BCUT2D eigenvalue weighted by atomic mass is 10.3.